The minimum atomic E-state index is -4.70. The molecule has 0 aromatic heterocycles. The highest BCUT2D eigenvalue weighted by atomic mass is 31.2. The van der Waals surface area contributed by atoms with Crippen LogP contribution in [0.15, 0.2) is 36.5 Å². The molecule has 1 N–H and O–H groups in total. The molecule has 514 valence electrons. The van der Waals surface area contributed by atoms with Crippen molar-refractivity contribution in [3.05, 3.63) is 36.5 Å². The molecule has 0 aliphatic rings. The SMILES string of the molecule is CCCCCCCC/C=C/CCCCCCCCCCCCCCCCCCCC(=O)OC(/C=C\CCCCCCCCCCCCC)C(COP(=O)([O-])OCC[N+](C)(C)C)NC(=O)CCCCCCCCCCCCC/C=C/CCCCCCCC. The van der Waals surface area contributed by atoms with Crippen LogP contribution in [0, 0.1) is 0 Å². The van der Waals surface area contributed by atoms with Crippen LogP contribution in [0.1, 0.15) is 393 Å². The number of rotatable bonds is 71. The van der Waals surface area contributed by atoms with E-state index in [1.165, 1.54) is 302 Å². The molecule has 0 spiro atoms. The van der Waals surface area contributed by atoms with Gasteiger partial charge in [-0.1, -0.05) is 334 Å². The first-order valence-corrected chi connectivity index (χ1v) is 39.8. The maximum absolute atomic E-state index is 13.6. The van der Waals surface area contributed by atoms with Gasteiger partial charge in [0.15, 0.2) is 0 Å². The van der Waals surface area contributed by atoms with E-state index in [0.29, 0.717) is 17.4 Å². The molecule has 0 fully saturated rings. The summed E-state index contributed by atoms with van der Waals surface area (Å²) in [5.74, 6) is -0.519. The van der Waals surface area contributed by atoms with E-state index < -0.39 is 20.0 Å². The predicted octanol–water partition coefficient (Wildman–Crippen LogP) is 23.9. The van der Waals surface area contributed by atoms with Crippen molar-refractivity contribution < 1.29 is 37.3 Å². The Kier molecular flexibility index (Phi) is 65.8. The summed E-state index contributed by atoms with van der Waals surface area (Å²) in [6.07, 6.45) is 84.2. The monoisotopic (exact) mass is 1250 g/mol. The number of hydrogen-bond acceptors (Lipinski definition) is 7. The molecular weight excluding hydrogens is 1100 g/mol. The third-order valence-electron chi connectivity index (χ3n) is 17.5. The van der Waals surface area contributed by atoms with Crippen LogP contribution in [0.5, 0.6) is 0 Å². The zero-order valence-corrected chi connectivity index (χ0v) is 59.9. The van der Waals surface area contributed by atoms with Crippen molar-refractivity contribution in [1.82, 2.24) is 5.32 Å². The zero-order chi connectivity index (χ0) is 63.5. The molecule has 0 heterocycles. The van der Waals surface area contributed by atoms with Crippen LogP contribution in [0.2, 0.25) is 0 Å². The largest absolute Gasteiger partial charge is 0.756 e. The Labute approximate surface area is 542 Å². The van der Waals surface area contributed by atoms with Crippen LogP contribution in [0.25, 0.3) is 0 Å². The number of likely N-dealkylation sites (N-methyl/N-ethyl adjacent to an activating group) is 1. The molecule has 0 rings (SSSR count). The van der Waals surface area contributed by atoms with Crippen molar-refractivity contribution in [1.29, 1.82) is 0 Å². The molecule has 0 aromatic rings. The predicted molar refractivity (Wildman–Crippen MR) is 376 cm³/mol. The molecule has 0 bridgehead atoms. The molecule has 0 radical (unpaired) electrons. The molecular formula is C77H149N2O7P. The number of unbranched alkanes of at least 4 members (excludes halogenated alkanes) is 51. The van der Waals surface area contributed by atoms with Crippen LogP contribution in [-0.2, 0) is 27.9 Å². The van der Waals surface area contributed by atoms with Gasteiger partial charge in [-0.25, -0.2) is 0 Å². The number of ether oxygens (including phenoxy) is 1. The van der Waals surface area contributed by atoms with Gasteiger partial charge in [-0.3, -0.25) is 14.2 Å². The maximum atomic E-state index is 13.6. The molecule has 0 saturated carbocycles. The van der Waals surface area contributed by atoms with E-state index in [1.807, 2.05) is 33.3 Å². The lowest BCUT2D eigenvalue weighted by molar-refractivity contribution is -0.870. The Balaban J connectivity index is 4.97. The minimum Gasteiger partial charge on any atom is -0.756 e. The molecule has 0 aliphatic carbocycles. The van der Waals surface area contributed by atoms with Gasteiger partial charge >= 0.3 is 5.97 Å². The van der Waals surface area contributed by atoms with E-state index in [-0.39, 0.29) is 31.5 Å². The Morgan fingerprint density at radius 1 is 0.391 bits per heavy atom. The number of nitrogens with zero attached hydrogens (tertiary/aromatic N) is 1. The molecule has 3 unspecified atom stereocenters. The average molecular weight is 1250 g/mol. The third-order valence-corrected chi connectivity index (χ3v) is 18.5. The van der Waals surface area contributed by atoms with E-state index in [4.69, 9.17) is 13.8 Å². The summed E-state index contributed by atoms with van der Waals surface area (Å²) in [5.41, 5.74) is 0. The number of carbonyl (C=O) groups is 2. The fourth-order valence-corrected chi connectivity index (χ4v) is 12.4. The lowest BCUT2D eigenvalue weighted by Gasteiger charge is -2.30. The third kappa shape index (κ3) is 68.4. The van der Waals surface area contributed by atoms with E-state index in [2.05, 4.69) is 50.4 Å². The smallest absolute Gasteiger partial charge is 0.306 e. The van der Waals surface area contributed by atoms with Gasteiger partial charge in [0.2, 0.25) is 5.91 Å². The first-order valence-electron chi connectivity index (χ1n) is 38.3. The number of nitrogens with one attached hydrogen (secondary N) is 1. The van der Waals surface area contributed by atoms with Crippen LogP contribution < -0.4 is 10.2 Å². The highest BCUT2D eigenvalue weighted by Crippen LogP contribution is 2.38. The number of amides is 1. The highest BCUT2D eigenvalue weighted by molar-refractivity contribution is 7.45. The van der Waals surface area contributed by atoms with Crippen molar-refractivity contribution in [3.8, 4) is 0 Å². The number of hydrogen-bond donors (Lipinski definition) is 1. The highest BCUT2D eigenvalue weighted by Gasteiger charge is 2.27. The minimum absolute atomic E-state index is 0.0193. The summed E-state index contributed by atoms with van der Waals surface area (Å²) >= 11 is 0. The Bertz CT molecular complexity index is 1580. The van der Waals surface area contributed by atoms with Crippen LogP contribution in [0.4, 0.5) is 0 Å². The second-order valence-corrected chi connectivity index (χ2v) is 28.9. The van der Waals surface area contributed by atoms with Gasteiger partial charge in [0.1, 0.15) is 19.3 Å². The fourth-order valence-electron chi connectivity index (χ4n) is 11.6. The number of carbonyl (C=O) groups excluding carboxylic acids is 2. The molecule has 3 atom stereocenters. The topological polar surface area (TPSA) is 114 Å². The summed E-state index contributed by atoms with van der Waals surface area (Å²) in [6, 6.07) is -0.886. The fraction of sp³-hybridized carbons (Fsp3) is 0.896. The van der Waals surface area contributed by atoms with Gasteiger partial charge in [-0.15, -0.1) is 0 Å². The molecule has 87 heavy (non-hydrogen) atoms. The van der Waals surface area contributed by atoms with Gasteiger partial charge in [0.25, 0.3) is 7.82 Å². The number of allylic oxidation sites excluding steroid dienone is 5. The molecule has 9 nitrogen and oxygen atoms in total. The first-order chi connectivity index (χ1) is 42.4. The molecule has 1 amide bonds. The molecule has 10 heteroatoms. The first kappa shape index (κ1) is 85.2. The average Bonchev–Trinajstić information content (AvgIpc) is 3.70. The molecule has 0 aromatic carbocycles. The van der Waals surface area contributed by atoms with Crippen molar-refractivity contribution >= 4 is 19.7 Å². The Hall–Kier alpha value is -1.77. The van der Waals surface area contributed by atoms with E-state index in [9.17, 15) is 19.0 Å². The normalized spacial score (nSPS) is 13.6. The summed E-state index contributed by atoms with van der Waals surface area (Å²) in [4.78, 5) is 40.3. The summed E-state index contributed by atoms with van der Waals surface area (Å²) < 4.78 is 30.5. The van der Waals surface area contributed by atoms with E-state index in [0.717, 1.165) is 57.8 Å². The Morgan fingerprint density at radius 3 is 0.977 bits per heavy atom. The van der Waals surface area contributed by atoms with Crippen LogP contribution in [0.3, 0.4) is 0 Å². The molecule has 0 aliphatic heterocycles. The van der Waals surface area contributed by atoms with Gasteiger partial charge in [0, 0.05) is 12.8 Å². The van der Waals surface area contributed by atoms with Crippen molar-refractivity contribution in [2.45, 2.75) is 405 Å². The maximum Gasteiger partial charge on any atom is 0.306 e. The summed E-state index contributed by atoms with van der Waals surface area (Å²) in [7, 11) is 1.20. The quantitative estimate of drug-likeness (QED) is 0.0212. The van der Waals surface area contributed by atoms with Crippen molar-refractivity contribution in [3.63, 3.8) is 0 Å². The lowest BCUT2D eigenvalue weighted by atomic mass is 10.0. The number of quaternary nitrogens is 1. The number of phosphoric acid groups is 1. The second kappa shape index (κ2) is 67.1. The van der Waals surface area contributed by atoms with E-state index >= 15 is 0 Å². The summed E-state index contributed by atoms with van der Waals surface area (Å²) in [6.45, 7) is 6.91. The van der Waals surface area contributed by atoms with Gasteiger partial charge in [-0.05, 0) is 83.1 Å². The van der Waals surface area contributed by atoms with Gasteiger partial charge in [0.05, 0.1) is 33.8 Å². The number of esters is 1. The lowest BCUT2D eigenvalue weighted by Crippen LogP contribution is -2.47. The van der Waals surface area contributed by atoms with Gasteiger partial charge < -0.3 is 28.5 Å². The van der Waals surface area contributed by atoms with Crippen LogP contribution in [-0.4, -0.2) is 69.4 Å². The standard InChI is InChI=1S/C77H149N2O7P/c1-7-10-13-16-19-22-25-28-30-32-34-36-37-38-39-40-41-43-45-47-49-52-55-58-61-64-67-70-77(81)86-75(68-65-62-59-56-53-50-27-24-21-18-15-12-9-3)74(73-85-87(82,83)84-72-71-79(4,5)6)78-76(80)69-66-63-60-57-54-51-48-46-44-42-35-33-31-29-26-23-20-17-14-11-8-2/h28-31,65,68,74-75H,7-27,32-64,66-67,69-73H2,1-6H3,(H-,78,80,82,83)/b30-28+,31-29+,68-65-. The summed E-state index contributed by atoms with van der Waals surface area (Å²) in [5, 5.41) is 3.06. The Morgan fingerprint density at radius 2 is 0.667 bits per heavy atom. The molecule has 0 saturated heterocycles. The van der Waals surface area contributed by atoms with Crippen LogP contribution >= 0.6 is 7.82 Å². The second-order valence-electron chi connectivity index (χ2n) is 27.5. The van der Waals surface area contributed by atoms with Crippen molar-refractivity contribution in [2.24, 2.45) is 0 Å². The number of phosphoric ester groups is 1. The van der Waals surface area contributed by atoms with Gasteiger partial charge in [-0.2, -0.15) is 0 Å². The van der Waals surface area contributed by atoms with Crippen molar-refractivity contribution in [2.75, 3.05) is 40.9 Å². The van der Waals surface area contributed by atoms with E-state index in [1.54, 1.807) is 0 Å². The zero-order valence-electron chi connectivity index (χ0n) is 59.0.